The molecule has 0 fully saturated rings. The van der Waals surface area contributed by atoms with Crippen molar-refractivity contribution in [1.82, 2.24) is 25.5 Å². The lowest BCUT2D eigenvalue weighted by molar-refractivity contribution is 0.295. The molecule has 7 heteroatoms. The lowest BCUT2D eigenvalue weighted by Gasteiger charge is -2.09. The zero-order valence-corrected chi connectivity index (χ0v) is 13.2. The quantitative estimate of drug-likeness (QED) is 0.782. The monoisotopic (exact) mass is 339 g/mol. The minimum absolute atomic E-state index is 0.317. The van der Waals surface area contributed by atoms with Gasteiger partial charge in [-0.3, -0.25) is 0 Å². The predicted molar refractivity (Wildman–Crippen MR) is 79.3 cm³/mol. The maximum Gasteiger partial charge on any atom is 0.212 e. The minimum atomic E-state index is 0.317. The second-order valence-electron chi connectivity index (χ2n) is 4.41. The molecule has 0 aliphatic carbocycles. The number of hydrogen-bond acceptors (Lipinski definition) is 5. The number of aromatic nitrogens is 4. The van der Waals surface area contributed by atoms with E-state index in [1.165, 1.54) is 10.4 Å². The highest BCUT2D eigenvalue weighted by atomic mass is 79.9. The Morgan fingerprint density at radius 2 is 2.25 bits per heavy atom. The van der Waals surface area contributed by atoms with Crippen molar-refractivity contribution in [3.63, 3.8) is 0 Å². The van der Waals surface area contributed by atoms with Gasteiger partial charge in [-0.15, -0.1) is 10.2 Å². The van der Waals surface area contributed by atoms with Crippen LogP contribution in [0.1, 0.15) is 24.7 Å². The summed E-state index contributed by atoms with van der Waals surface area (Å²) in [6.07, 6.45) is 1.12. The van der Waals surface area contributed by atoms with E-state index in [-0.39, 0.29) is 0 Å². The summed E-state index contributed by atoms with van der Waals surface area (Å²) in [5, 5.41) is 15.1. The van der Waals surface area contributed by atoms with E-state index in [9.17, 15) is 0 Å². The van der Waals surface area contributed by atoms with Crippen LogP contribution in [0.3, 0.4) is 0 Å². The molecule has 0 amide bonds. The smallest absolute Gasteiger partial charge is 0.212 e. The highest BCUT2D eigenvalue weighted by Gasteiger charge is 2.05. The number of nitrogens with zero attached hydrogens (tertiary/aromatic N) is 4. The molecular weight excluding hydrogens is 322 g/mol. The molecule has 0 saturated carbocycles. The van der Waals surface area contributed by atoms with Gasteiger partial charge in [0, 0.05) is 11.0 Å². The van der Waals surface area contributed by atoms with Crippen molar-refractivity contribution in [3.8, 4) is 5.75 Å². The Bertz CT molecular complexity index is 557. The fourth-order valence-corrected chi connectivity index (χ4v) is 2.09. The molecule has 108 valence electrons. The third-order valence-corrected chi connectivity index (χ3v) is 3.45. The number of ether oxygens (including phenoxy) is 1. The van der Waals surface area contributed by atoms with Crippen molar-refractivity contribution in [1.29, 1.82) is 0 Å². The first kappa shape index (κ1) is 14.9. The fourth-order valence-electron chi connectivity index (χ4n) is 1.71. The van der Waals surface area contributed by atoms with Gasteiger partial charge in [-0.25, -0.2) is 0 Å². The Hall–Kier alpha value is -1.47. The van der Waals surface area contributed by atoms with E-state index < -0.39 is 0 Å². The molecule has 2 rings (SSSR count). The van der Waals surface area contributed by atoms with Crippen molar-refractivity contribution in [3.05, 3.63) is 34.1 Å². The van der Waals surface area contributed by atoms with Gasteiger partial charge in [0.1, 0.15) is 5.75 Å². The van der Waals surface area contributed by atoms with Gasteiger partial charge in [0.2, 0.25) is 5.82 Å². The summed E-state index contributed by atoms with van der Waals surface area (Å²) < 4.78 is 6.76. The minimum Gasteiger partial charge on any atom is -0.485 e. The average Bonchev–Trinajstić information content (AvgIpc) is 2.85. The SMILES string of the molecule is CCCNCc1cc(OCc2nnn(C)n2)ccc1Br. The van der Waals surface area contributed by atoms with Crippen LogP contribution >= 0.6 is 15.9 Å². The van der Waals surface area contributed by atoms with Gasteiger partial charge in [-0.05, 0) is 41.9 Å². The van der Waals surface area contributed by atoms with Gasteiger partial charge in [0.15, 0.2) is 6.61 Å². The third kappa shape index (κ3) is 4.28. The maximum atomic E-state index is 5.68. The van der Waals surface area contributed by atoms with Crippen LogP contribution in [0.25, 0.3) is 0 Å². The second-order valence-corrected chi connectivity index (χ2v) is 5.27. The van der Waals surface area contributed by atoms with Gasteiger partial charge < -0.3 is 10.1 Å². The highest BCUT2D eigenvalue weighted by molar-refractivity contribution is 9.10. The first-order chi connectivity index (χ1) is 9.69. The highest BCUT2D eigenvalue weighted by Crippen LogP contribution is 2.23. The summed E-state index contributed by atoms with van der Waals surface area (Å²) in [5.74, 6) is 1.37. The molecule has 0 radical (unpaired) electrons. The average molecular weight is 340 g/mol. The van der Waals surface area contributed by atoms with E-state index in [0.29, 0.717) is 12.4 Å². The molecule has 1 aromatic heterocycles. The summed E-state index contributed by atoms with van der Waals surface area (Å²) in [5.41, 5.74) is 1.17. The summed E-state index contributed by atoms with van der Waals surface area (Å²) in [6, 6.07) is 5.93. The molecule has 0 aliphatic rings. The zero-order valence-electron chi connectivity index (χ0n) is 11.6. The summed E-state index contributed by atoms with van der Waals surface area (Å²) >= 11 is 3.55. The topological polar surface area (TPSA) is 64.9 Å². The van der Waals surface area contributed by atoms with Crippen molar-refractivity contribution >= 4 is 15.9 Å². The van der Waals surface area contributed by atoms with Crippen molar-refractivity contribution in [2.24, 2.45) is 7.05 Å². The first-order valence-electron chi connectivity index (χ1n) is 6.54. The number of hydrogen-bond donors (Lipinski definition) is 1. The molecule has 0 bridgehead atoms. The van der Waals surface area contributed by atoms with E-state index in [1.54, 1.807) is 7.05 Å². The first-order valence-corrected chi connectivity index (χ1v) is 7.33. The molecule has 1 heterocycles. The number of nitrogens with one attached hydrogen (secondary N) is 1. The van der Waals surface area contributed by atoms with E-state index in [0.717, 1.165) is 29.7 Å². The van der Waals surface area contributed by atoms with Crippen LogP contribution < -0.4 is 10.1 Å². The molecule has 1 N–H and O–H groups in total. The molecule has 1 aromatic carbocycles. The van der Waals surface area contributed by atoms with Crippen LogP contribution in [0.5, 0.6) is 5.75 Å². The van der Waals surface area contributed by atoms with Crippen LogP contribution in [0.15, 0.2) is 22.7 Å². The number of aryl methyl sites for hydroxylation is 1. The molecule has 0 saturated heterocycles. The number of benzene rings is 1. The molecule has 2 aromatic rings. The molecule has 0 atom stereocenters. The summed E-state index contributed by atoms with van der Waals surface area (Å²) in [6.45, 7) is 4.28. The van der Waals surface area contributed by atoms with Gasteiger partial charge in [-0.1, -0.05) is 22.9 Å². The molecule has 0 spiro atoms. The van der Waals surface area contributed by atoms with Crippen LogP contribution in [-0.2, 0) is 20.2 Å². The molecule has 20 heavy (non-hydrogen) atoms. The van der Waals surface area contributed by atoms with Crippen molar-refractivity contribution in [2.45, 2.75) is 26.5 Å². The third-order valence-electron chi connectivity index (χ3n) is 2.68. The fraction of sp³-hybridized carbons (Fsp3) is 0.462. The standard InChI is InChI=1S/C13H18BrN5O/c1-3-6-15-8-10-7-11(4-5-12(10)14)20-9-13-16-18-19(2)17-13/h4-5,7,15H,3,6,8-9H2,1-2H3. The van der Waals surface area contributed by atoms with E-state index in [2.05, 4.69) is 43.6 Å². The van der Waals surface area contributed by atoms with Gasteiger partial charge >= 0.3 is 0 Å². The van der Waals surface area contributed by atoms with Crippen LogP contribution in [0, 0.1) is 0 Å². The number of halogens is 1. The Labute approximate surface area is 126 Å². The van der Waals surface area contributed by atoms with Crippen molar-refractivity contribution in [2.75, 3.05) is 6.54 Å². The summed E-state index contributed by atoms with van der Waals surface area (Å²) in [4.78, 5) is 1.42. The van der Waals surface area contributed by atoms with Gasteiger partial charge in [0.25, 0.3) is 0 Å². The molecular formula is C13H18BrN5O. The number of tetrazole rings is 1. The lowest BCUT2D eigenvalue weighted by atomic mass is 10.2. The zero-order chi connectivity index (χ0) is 14.4. The van der Waals surface area contributed by atoms with Gasteiger partial charge in [0.05, 0.1) is 7.05 Å². The normalized spacial score (nSPS) is 10.8. The molecule has 6 nitrogen and oxygen atoms in total. The maximum absolute atomic E-state index is 5.68. The number of rotatable bonds is 7. The molecule has 0 unspecified atom stereocenters. The Balaban J connectivity index is 1.95. The Kier molecular flexibility index (Phi) is 5.49. The van der Waals surface area contributed by atoms with Crippen molar-refractivity contribution < 1.29 is 4.74 Å². The summed E-state index contributed by atoms with van der Waals surface area (Å²) in [7, 11) is 1.73. The second kappa shape index (κ2) is 7.35. The van der Waals surface area contributed by atoms with Crippen LogP contribution in [0.4, 0.5) is 0 Å². The van der Waals surface area contributed by atoms with E-state index in [4.69, 9.17) is 4.74 Å². The van der Waals surface area contributed by atoms with Crippen LogP contribution in [0.2, 0.25) is 0 Å². The lowest BCUT2D eigenvalue weighted by Crippen LogP contribution is -2.14. The largest absolute Gasteiger partial charge is 0.485 e. The predicted octanol–water partition coefficient (Wildman–Crippen LogP) is 2.05. The molecule has 0 aliphatic heterocycles. The Morgan fingerprint density at radius 3 is 2.95 bits per heavy atom. The van der Waals surface area contributed by atoms with Gasteiger partial charge in [-0.2, -0.15) is 4.80 Å². The van der Waals surface area contributed by atoms with E-state index in [1.807, 2.05) is 18.2 Å². The Morgan fingerprint density at radius 1 is 1.40 bits per heavy atom. The van der Waals surface area contributed by atoms with E-state index >= 15 is 0 Å². The van der Waals surface area contributed by atoms with Crippen LogP contribution in [-0.4, -0.2) is 26.8 Å².